The lowest BCUT2D eigenvalue weighted by molar-refractivity contribution is -0.143. The van der Waals surface area contributed by atoms with Gasteiger partial charge < -0.3 is 15.0 Å². The van der Waals surface area contributed by atoms with E-state index < -0.39 is 5.97 Å². The molecule has 3 aromatic rings. The van der Waals surface area contributed by atoms with Crippen LogP contribution in [0.2, 0.25) is 5.02 Å². The van der Waals surface area contributed by atoms with Crippen molar-refractivity contribution < 1.29 is 14.1 Å². The van der Waals surface area contributed by atoms with E-state index in [4.69, 9.17) is 26.6 Å². The van der Waals surface area contributed by atoms with Crippen LogP contribution >= 0.6 is 24.0 Å². The van der Waals surface area contributed by atoms with Crippen LogP contribution in [0, 0.1) is 0 Å². The first-order valence-corrected chi connectivity index (χ1v) is 8.94. The standard InChI is InChI=1S/C20H20ClN3O3.ClH/c1-12(2)14-4-6-15(7-5-14)20-23-19(24-27-20)16-8-3-13(9-17(16)21)11-26-18(25)10-22;/h3-9,12H,10-11,22H2,1-2H3;1H. The van der Waals surface area contributed by atoms with Crippen molar-refractivity contribution in [1.82, 2.24) is 10.1 Å². The minimum absolute atomic E-state index is 0. The SMILES string of the molecule is CC(C)c1ccc(-c2nc(-c3ccc(COC(=O)CN)cc3Cl)no2)cc1.Cl. The number of ether oxygens (including phenoxy) is 1. The number of nitrogens with zero attached hydrogens (tertiary/aromatic N) is 2. The third kappa shape index (κ3) is 5.10. The third-order valence-corrected chi connectivity index (χ3v) is 4.40. The molecule has 28 heavy (non-hydrogen) atoms. The van der Waals surface area contributed by atoms with Crippen molar-refractivity contribution in [3.63, 3.8) is 0 Å². The number of hydrogen-bond donors (Lipinski definition) is 1. The number of carbonyl (C=O) groups is 1. The predicted octanol–water partition coefficient (Wildman–Crippen LogP) is 4.60. The summed E-state index contributed by atoms with van der Waals surface area (Å²) in [5.41, 5.74) is 8.69. The molecule has 0 aliphatic heterocycles. The van der Waals surface area contributed by atoms with Crippen molar-refractivity contribution in [3.05, 3.63) is 58.6 Å². The van der Waals surface area contributed by atoms with E-state index in [2.05, 4.69) is 24.0 Å². The van der Waals surface area contributed by atoms with Gasteiger partial charge in [-0.25, -0.2) is 0 Å². The Morgan fingerprint density at radius 1 is 1.21 bits per heavy atom. The maximum Gasteiger partial charge on any atom is 0.320 e. The molecular formula is C20H21Cl2N3O3. The molecular weight excluding hydrogens is 401 g/mol. The lowest BCUT2D eigenvalue weighted by atomic mass is 10.0. The molecule has 3 rings (SSSR count). The van der Waals surface area contributed by atoms with E-state index in [9.17, 15) is 4.79 Å². The van der Waals surface area contributed by atoms with Crippen molar-refractivity contribution in [2.75, 3.05) is 6.54 Å². The van der Waals surface area contributed by atoms with E-state index in [1.165, 1.54) is 5.56 Å². The van der Waals surface area contributed by atoms with E-state index >= 15 is 0 Å². The van der Waals surface area contributed by atoms with E-state index in [0.717, 1.165) is 11.1 Å². The molecule has 148 valence electrons. The molecule has 0 aliphatic rings. The Hall–Kier alpha value is -2.41. The second-order valence-corrected chi connectivity index (χ2v) is 6.79. The number of halogens is 2. The summed E-state index contributed by atoms with van der Waals surface area (Å²) in [6.45, 7) is 4.23. The summed E-state index contributed by atoms with van der Waals surface area (Å²) in [6.07, 6.45) is 0. The first kappa shape index (κ1) is 21.9. The lowest BCUT2D eigenvalue weighted by Gasteiger charge is -2.05. The van der Waals surface area contributed by atoms with Crippen molar-refractivity contribution in [1.29, 1.82) is 0 Å². The second kappa shape index (κ2) is 9.68. The normalized spacial score (nSPS) is 10.6. The van der Waals surface area contributed by atoms with Gasteiger partial charge in [0.05, 0.1) is 11.6 Å². The van der Waals surface area contributed by atoms with Gasteiger partial charge in [-0.15, -0.1) is 12.4 Å². The van der Waals surface area contributed by atoms with E-state index in [0.29, 0.717) is 28.2 Å². The summed E-state index contributed by atoms with van der Waals surface area (Å²) in [5.74, 6) is 0.811. The largest absolute Gasteiger partial charge is 0.460 e. The highest BCUT2D eigenvalue weighted by Gasteiger charge is 2.14. The third-order valence-electron chi connectivity index (χ3n) is 4.09. The van der Waals surface area contributed by atoms with Gasteiger partial charge in [-0.2, -0.15) is 4.98 Å². The highest BCUT2D eigenvalue weighted by atomic mass is 35.5. The molecule has 0 amide bonds. The van der Waals surface area contributed by atoms with Gasteiger partial charge in [-0.1, -0.05) is 48.8 Å². The summed E-state index contributed by atoms with van der Waals surface area (Å²) >= 11 is 6.34. The monoisotopic (exact) mass is 421 g/mol. The zero-order valence-corrected chi connectivity index (χ0v) is 17.1. The molecule has 0 unspecified atom stereocenters. The number of aromatic nitrogens is 2. The van der Waals surface area contributed by atoms with Crippen LogP contribution in [0.15, 0.2) is 47.0 Å². The van der Waals surface area contributed by atoms with Crippen LogP contribution in [0.1, 0.15) is 30.9 Å². The summed E-state index contributed by atoms with van der Waals surface area (Å²) in [6, 6.07) is 13.3. The number of hydrogen-bond acceptors (Lipinski definition) is 6. The molecule has 0 saturated heterocycles. The fourth-order valence-corrected chi connectivity index (χ4v) is 2.80. The van der Waals surface area contributed by atoms with E-state index in [1.807, 2.05) is 24.3 Å². The molecule has 1 heterocycles. The van der Waals surface area contributed by atoms with E-state index in [1.54, 1.807) is 18.2 Å². The van der Waals surface area contributed by atoms with Gasteiger partial charge >= 0.3 is 5.97 Å². The smallest absolute Gasteiger partial charge is 0.320 e. The van der Waals surface area contributed by atoms with Crippen LogP contribution in [0.3, 0.4) is 0 Å². The second-order valence-electron chi connectivity index (χ2n) is 6.38. The number of benzene rings is 2. The van der Waals surface area contributed by atoms with Crippen LogP contribution in [0.5, 0.6) is 0 Å². The Morgan fingerprint density at radius 3 is 2.54 bits per heavy atom. The summed E-state index contributed by atoms with van der Waals surface area (Å²) in [5, 5.41) is 4.47. The fourth-order valence-electron chi connectivity index (χ4n) is 2.51. The zero-order chi connectivity index (χ0) is 19.4. The van der Waals surface area contributed by atoms with Crippen LogP contribution in [-0.4, -0.2) is 22.7 Å². The maximum absolute atomic E-state index is 11.1. The molecule has 1 aromatic heterocycles. The van der Waals surface area contributed by atoms with Gasteiger partial charge in [-0.05, 0) is 41.3 Å². The quantitative estimate of drug-likeness (QED) is 0.584. The molecule has 0 spiro atoms. The Kier molecular flexibility index (Phi) is 7.57. The van der Waals surface area contributed by atoms with Gasteiger partial charge in [-0.3, -0.25) is 4.79 Å². The Bertz CT molecular complexity index is 940. The molecule has 6 nitrogen and oxygen atoms in total. The van der Waals surface area contributed by atoms with Crippen molar-refractivity contribution in [3.8, 4) is 22.8 Å². The van der Waals surface area contributed by atoms with Crippen LogP contribution < -0.4 is 5.73 Å². The highest BCUT2D eigenvalue weighted by Crippen LogP contribution is 2.29. The molecule has 0 saturated carbocycles. The molecule has 8 heteroatoms. The van der Waals surface area contributed by atoms with Crippen molar-refractivity contribution in [2.24, 2.45) is 5.73 Å². The fraction of sp³-hybridized carbons (Fsp3) is 0.250. The molecule has 0 atom stereocenters. The average molecular weight is 422 g/mol. The number of esters is 1. The average Bonchev–Trinajstić information content (AvgIpc) is 3.16. The summed E-state index contributed by atoms with van der Waals surface area (Å²) < 4.78 is 10.4. The summed E-state index contributed by atoms with van der Waals surface area (Å²) in [7, 11) is 0. The van der Waals surface area contributed by atoms with Gasteiger partial charge in [0.25, 0.3) is 5.89 Å². The topological polar surface area (TPSA) is 91.2 Å². The predicted molar refractivity (Wildman–Crippen MR) is 110 cm³/mol. The van der Waals surface area contributed by atoms with Crippen molar-refractivity contribution in [2.45, 2.75) is 26.4 Å². The zero-order valence-electron chi connectivity index (χ0n) is 15.5. The van der Waals surface area contributed by atoms with Crippen LogP contribution in [0.25, 0.3) is 22.8 Å². The molecule has 2 aromatic carbocycles. The first-order chi connectivity index (χ1) is 13.0. The Morgan fingerprint density at radius 2 is 1.93 bits per heavy atom. The molecule has 2 N–H and O–H groups in total. The maximum atomic E-state index is 11.1. The minimum atomic E-state index is -0.471. The number of nitrogens with two attached hydrogens (primary N) is 1. The van der Waals surface area contributed by atoms with Gasteiger partial charge in [0.1, 0.15) is 6.61 Å². The van der Waals surface area contributed by atoms with Gasteiger partial charge in [0.15, 0.2) is 0 Å². The van der Waals surface area contributed by atoms with Gasteiger partial charge in [0.2, 0.25) is 5.82 Å². The van der Waals surface area contributed by atoms with Gasteiger partial charge in [0, 0.05) is 11.1 Å². The lowest BCUT2D eigenvalue weighted by Crippen LogP contribution is -2.16. The number of carbonyl (C=O) groups excluding carboxylic acids is 1. The van der Waals surface area contributed by atoms with Crippen molar-refractivity contribution >= 4 is 30.0 Å². The molecule has 0 bridgehead atoms. The Balaban J connectivity index is 0.00000280. The molecule has 0 fully saturated rings. The first-order valence-electron chi connectivity index (χ1n) is 8.56. The minimum Gasteiger partial charge on any atom is -0.460 e. The van der Waals surface area contributed by atoms with Crippen LogP contribution in [0.4, 0.5) is 0 Å². The molecule has 0 aliphatic carbocycles. The van der Waals surface area contributed by atoms with E-state index in [-0.39, 0.29) is 25.6 Å². The number of rotatable bonds is 6. The van der Waals surface area contributed by atoms with Crippen LogP contribution in [-0.2, 0) is 16.1 Å². The Labute approximate surface area is 174 Å². The summed E-state index contributed by atoms with van der Waals surface area (Å²) in [4.78, 5) is 15.6. The molecule has 0 radical (unpaired) electrons. The highest BCUT2D eigenvalue weighted by molar-refractivity contribution is 6.33.